The topological polar surface area (TPSA) is 73.2 Å². The number of aliphatic carboxylic acids is 1. The van der Waals surface area contributed by atoms with Gasteiger partial charge in [0.2, 0.25) is 0 Å². The van der Waals surface area contributed by atoms with Gasteiger partial charge in [0.15, 0.2) is 0 Å². The maximum absolute atomic E-state index is 10.4. The molecule has 0 radical (unpaired) electrons. The van der Waals surface area contributed by atoms with E-state index in [-0.39, 0.29) is 41.4 Å². The number of hydrogen-bond acceptors (Lipinski definition) is 5. The minimum atomic E-state index is -0.943. The number of carbonyl (C=O) groups is 1. The third-order valence-corrected chi connectivity index (χ3v) is 8.70. The predicted octanol–water partition coefficient (Wildman–Crippen LogP) is 4.61. The molecule has 5 rings (SSSR count). The van der Waals surface area contributed by atoms with Crippen LogP contribution in [0.25, 0.3) is 23.1 Å². The first kappa shape index (κ1) is 35.4. The molecular weight excluding hydrogens is 585 g/mol. The van der Waals surface area contributed by atoms with Crippen molar-refractivity contribution < 1.29 is 44.6 Å². The van der Waals surface area contributed by atoms with Gasteiger partial charge in [0.1, 0.15) is 0 Å². The number of benzene rings is 3. The van der Waals surface area contributed by atoms with E-state index >= 15 is 0 Å². The SMILES string of the molecule is Cc1cc(/C=C/c2cccc(CCCc3ccccc3C(C)(C)O)c2)nc2cc(Cl)ccc12.O=C([O-])CC1(CS)CC1.[Na+]. The van der Waals surface area contributed by atoms with E-state index in [0.29, 0.717) is 10.8 Å². The van der Waals surface area contributed by atoms with Gasteiger partial charge in [-0.3, -0.25) is 0 Å². The van der Waals surface area contributed by atoms with Gasteiger partial charge in [-0.2, -0.15) is 12.6 Å². The Hall–Kier alpha value is -2.12. The minimum absolute atomic E-state index is 0. The van der Waals surface area contributed by atoms with E-state index in [1.807, 2.05) is 50.2 Å². The van der Waals surface area contributed by atoms with Crippen LogP contribution in [0.5, 0.6) is 0 Å². The molecule has 3 aromatic carbocycles. The molecule has 4 aromatic rings. The normalized spacial score (nSPS) is 13.7. The van der Waals surface area contributed by atoms with Crippen LogP contribution in [0.2, 0.25) is 5.02 Å². The average Bonchev–Trinajstić information content (AvgIpc) is 3.71. The second kappa shape index (κ2) is 15.7. The molecule has 1 saturated carbocycles. The summed E-state index contributed by atoms with van der Waals surface area (Å²) in [6.07, 6.45) is 9.35. The number of thiol groups is 1. The quantitative estimate of drug-likeness (QED) is 0.200. The number of aryl methyl sites for hydroxylation is 3. The van der Waals surface area contributed by atoms with Crippen molar-refractivity contribution in [2.45, 2.75) is 64.9 Å². The van der Waals surface area contributed by atoms with Crippen LogP contribution in [0.3, 0.4) is 0 Å². The summed E-state index contributed by atoms with van der Waals surface area (Å²) >= 11 is 10.2. The second-order valence-corrected chi connectivity index (χ2v) is 12.6. The molecule has 4 nitrogen and oxygen atoms in total. The van der Waals surface area contributed by atoms with Gasteiger partial charge in [0.05, 0.1) is 16.8 Å². The summed E-state index contributed by atoms with van der Waals surface area (Å²) in [6.45, 7) is 5.80. The minimum Gasteiger partial charge on any atom is -0.550 e. The third-order valence-electron chi connectivity index (χ3n) is 7.80. The molecule has 1 aliphatic rings. The number of pyridine rings is 1. The van der Waals surface area contributed by atoms with Crippen LogP contribution in [0.4, 0.5) is 0 Å². The van der Waals surface area contributed by atoms with Crippen LogP contribution in [0.1, 0.15) is 73.0 Å². The van der Waals surface area contributed by atoms with Gasteiger partial charge in [-0.05, 0) is 123 Å². The number of aliphatic hydroxyl groups is 1. The first-order valence-electron chi connectivity index (χ1n) is 14.4. The number of nitrogens with zero attached hydrogens (tertiary/aromatic N) is 1. The smallest absolute Gasteiger partial charge is 0.550 e. The Balaban J connectivity index is 0.000000435. The van der Waals surface area contributed by atoms with Gasteiger partial charge < -0.3 is 15.0 Å². The van der Waals surface area contributed by atoms with Gasteiger partial charge in [-0.1, -0.05) is 72.3 Å². The maximum atomic E-state index is 10.4. The number of halogens is 1. The van der Waals surface area contributed by atoms with Crippen LogP contribution in [-0.4, -0.2) is 21.8 Å². The summed E-state index contributed by atoms with van der Waals surface area (Å²) in [7, 11) is 0. The number of carbonyl (C=O) groups excluding carboxylic acids is 1. The number of hydrogen-bond donors (Lipinski definition) is 2. The molecule has 0 unspecified atom stereocenters. The molecule has 220 valence electrons. The second-order valence-electron chi connectivity index (χ2n) is 11.9. The standard InChI is InChI=1S/C30H30ClNO.C6H10O2S.Na/c1-21-18-26(32-29-20-25(31)15-17-27(21)29)16-14-23-9-6-8-22(19-23)10-7-12-24-11-4-5-13-28(24)30(2,3)33;7-5(8)3-6(4-9)1-2-6;/h4-6,8-9,11,13-20,33H,7,10,12H2,1-3H3;9H,1-4H2,(H,7,8);/q;;+1/p-1/b16-14+;;. The average molecular weight is 624 g/mol. The molecule has 0 amide bonds. The van der Waals surface area contributed by atoms with E-state index in [4.69, 9.17) is 16.6 Å². The van der Waals surface area contributed by atoms with Crippen molar-refractivity contribution in [1.29, 1.82) is 0 Å². The molecule has 1 aliphatic carbocycles. The van der Waals surface area contributed by atoms with E-state index in [2.05, 4.69) is 68.1 Å². The van der Waals surface area contributed by atoms with Crippen molar-refractivity contribution in [2.75, 3.05) is 5.75 Å². The summed E-state index contributed by atoms with van der Waals surface area (Å²) in [5.41, 5.74) is 6.95. The zero-order valence-corrected chi connectivity index (χ0v) is 29.2. The fraction of sp³-hybridized carbons (Fsp3) is 0.333. The molecule has 0 spiro atoms. The van der Waals surface area contributed by atoms with Crippen molar-refractivity contribution >= 4 is 53.3 Å². The predicted molar refractivity (Wildman–Crippen MR) is 176 cm³/mol. The fourth-order valence-electron chi connectivity index (χ4n) is 5.21. The third kappa shape index (κ3) is 10.5. The fourth-order valence-corrected chi connectivity index (χ4v) is 5.81. The Bertz CT molecular complexity index is 1580. The molecule has 1 N–H and O–H groups in total. The molecule has 1 heterocycles. The number of aromatic nitrogens is 1. The largest absolute Gasteiger partial charge is 1.00 e. The van der Waals surface area contributed by atoms with Crippen molar-refractivity contribution in [1.82, 2.24) is 4.98 Å². The number of carboxylic acids is 1. The molecule has 0 saturated heterocycles. The van der Waals surface area contributed by atoms with Crippen LogP contribution in [-0.2, 0) is 23.2 Å². The van der Waals surface area contributed by atoms with Gasteiger partial charge in [-0.15, -0.1) is 0 Å². The zero-order chi connectivity index (χ0) is 30.3. The van der Waals surface area contributed by atoms with Crippen LogP contribution < -0.4 is 34.7 Å². The Morgan fingerprint density at radius 3 is 2.44 bits per heavy atom. The summed E-state index contributed by atoms with van der Waals surface area (Å²) in [6, 6.07) is 24.8. The Morgan fingerprint density at radius 1 is 1.05 bits per heavy atom. The van der Waals surface area contributed by atoms with E-state index in [1.54, 1.807) is 0 Å². The van der Waals surface area contributed by atoms with Crippen molar-refractivity contribution in [3.8, 4) is 0 Å². The molecule has 7 heteroatoms. The maximum Gasteiger partial charge on any atom is 1.00 e. The van der Waals surface area contributed by atoms with Gasteiger partial charge in [0.25, 0.3) is 0 Å². The summed E-state index contributed by atoms with van der Waals surface area (Å²) in [5.74, 6) is -0.261. The van der Waals surface area contributed by atoms with Crippen LogP contribution >= 0.6 is 24.2 Å². The Labute approximate surface area is 288 Å². The van der Waals surface area contributed by atoms with E-state index in [0.717, 1.165) is 59.8 Å². The Morgan fingerprint density at radius 2 is 1.79 bits per heavy atom. The van der Waals surface area contributed by atoms with E-state index in [1.165, 1.54) is 16.7 Å². The van der Waals surface area contributed by atoms with Gasteiger partial charge in [-0.25, -0.2) is 4.98 Å². The summed E-state index contributed by atoms with van der Waals surface area (Å²) in [5, 5.41) is 22.3. The van der Waals surface area contributed by atoms with Gasteiger partial charge in [0, 0.05) is 16.4 Å². The van der Waals surface area contributed by atoms with E-state index < -0.39 is 11.6 Å². The number of carboxylic acid groups (broad SMARTS) is 1. The van der Waals surface area contributed by atoms with Crippen molar-refractivity contribution in [3.05, 3.63) is 111 Å². The number of rotatable bonds is 10. The van der Waals surface area contributed by atoms with Crippen LogP contribution in [0, 0.1) is 12.3 Å². The molecular formula is C36H39ClNNaO3S. The Kier molecular flexibility index (Phi) is 12.9. The molecule has 1 aromatic heterocycles. The first-order valence-corrected chi connectivity index (χ1v) is 15.4. The monoisotopic (exact) mass is 623 g/mol. The molecule has 1 fully saturated rings. The molecule has 0 bridgehead atoms. The summed E-state index contributed by atoms with van der Waals surface area (Å²) < 4.78 is 0. The molecule has 0 atom stereocenters. The molecule has 0 aliphatic heterocycles. The van der Waals surface area contributed by atoms with Crippen molar-refractivity contribution in [2.24, 2.45) is 5.41 Å². The summed E-state index contributed by atoms with van der Waals surface area (Å²) in [4.78, 5) is 14.8. The van der Waals surface area contributed by atoms with E-state index in [9.17, 15) is 15.0 Å². The van der Waals surface area contributed by atoms with Crippen LogP contribution in [0.15, 0.2) is 72.8 Å². The molecule has 43 heavy (non-hydrogen) atoms. The zero-order valence-electron chi connectivity index (χ0n) is 25.6. The van der Waals surface area contributed by atoms with Gasteiger partial charge >= 0.3 is 29.6 Å². The first-order chi connectivity index (χ1) is 20.0. The number of fused-ring (bicyclic) bond motifs is 1. The van der Waals surface area contributed by atoms with Crippen molar-refractivity contribution in [3.63, 3.8) is 0 Å².